The molecule has 20 heavy (non-hydrogen) atoms. The summed E-state index contributed by atoms with van der Waals surface area (Å²) in [4.78, 5) is 17.4. The van der Waals surface area contributed by atoms with Crippen LogP contribution in [-0.2, 0) is 0 Å². The first-order valence-electron chi connectivity index (χ1n) is 6.28. The Bertz CT molecular complexity index is 647. The van der Waals surface area contributed by atoms with Gasteiger partial charge in [-0.25, -0.2) is 4.98 Å². The predicted molar refractivity (Wildman–Crippen MR) is 77.0 cm³/mol. The van der Waals surface area contributed by atoms with Crippen LogP contribution in [0.15, 0.2) is 18.2 Å². The number of thiazole rings is 1. The fraction of sp³-hybridized carbons (Fsp3) is 0.286. The zero-order valence-electron chi connectivity index (χ0n) is 11.2. The van der Waals surface area contributed by atoms with Crippen molar-refractivity contribution in [3.05, 3.63) is 33.8 Å². The summed E-state index contributed by atoms with van der Waals surface area (Å²) in [6.07, 6.45) is 0. The Kier molecular flexibility index (Phi) is 3.31. The van der Waals surface area contributed by atoms with Gasteiger partial charge in [0.25, 0.3) is 5.91 Å². The van der Waals surface area contributed by atoms with E-state index in [1.807, 2.05) is 13.8 Å². The lowest BCUT2D eigenvalue weighted by Crippen LogP contribution is -2.16. The van der Waals surface area contributed by atoms with Crippen LogP contribution in [0.25, 0.3) is 0 Å². The van der Waals surface area contributed by atoms with Crippen molar-refractivity contribution >= 4 is 22.9 Å². The standard InChI is InChI=1S/C14H14N2O3S/c1-8-9(2)20-14(15-8)13(17)16-10-3-4-11-12(7-10)19-6-5-18-11/h3-4,7H,5-6H2,1-2H3,(H,16,17). The second-order valence-electron chi connectivity index (χ2n) is 4.47. The van der Waals surface area contributed by atoms with Crippen LogP contribution in [0.3, 0.4) is 0 Å². The van der Waals surface area contributed by atoms with E-state index in [0.29, 0.717) is 35.4 Å². The number of rotatable bonds is 2. The third kappa shape index (κ3) is 2.46. The fourth-order valence-corrected chi connectivity index (χ4v) is 2.69. The van der Waals surface area contributed by atoms with Gasteiger partial charge < -0.3 is 14.8 Å². The van der Waals surface area contributed by atoms with E-state index in [1.165, 1.54) is 11.3 Å². The number of hydrogen-bond donors (Lipinski definition) is 1. The molecule has 1 N–H and O–H groups in total. The van der Waals surface area contributed by atoms with Crippen molar-refractivity contribution in [1.29, 1.82) is 0 Å². The minimum absolute atomic E-state index is 0.206. The Labute approximate surface area is 120 Å². The lowest BCUT2D eigenvalue weighted by molar-refractivity contribution is 0.102. The quantitative estimate of drug-likeness (QED) is 0.924. The molecule has 2 aromatic rings. The molecule has 2 heterocycles. The number of benzene rings is 1. The molecule has 0 saturated carbocycles. The molecule has 0 saturated heterocycles. The molecule has 1 aliphatic rings. The predicted octanol–water partition coefficient (Wildman–Crippen LogP) is 2.78. The van der Waals surface area contributed by atoms with Crippen molar-refractivity contribution < 1.29 is 14.3 Å². The average molecular weight is 290 g/mol. The second kappa shape index (κ2) is 5.13. The van der Waals surface area contributed by atoms with Gasteiger partial charge in [-0.05, 0) is 26.0 Å². The van der Waals surface area contributed by atoms with Gasteiger partial charge in [-0.3, -0.25) is 4.79 Å². The van der Waals surface area contributed by atoms with E-state index in [2.05, 4.69) is 10.3 Å². The van der Waals surface area contributed by atoms with E-state index in [4.69, 9.17) is 9.47 Å². The molecule has 0 spiro atoms. The first-order valence-corrected chi connectivity index (χ1v) is 7.10. The van der Waals surface area contributed by atoms with E-state index in [9.17, 15) is 4.79 Å². The van der Waals surface area contributed by atoms with E-state index >= 15 is 0 Å². The third-order valence-corrected chi connectivity index (χ3v) is 4.09. The van der Waals surface area contributed by atoms with E-state index in [0.717, 1.165) is 10.6 Å². The SMILES string of the molecule is Cc1nc(C(=O)Nc2ccc3c(c2)OCCO3)sc1C. The molecule has 0 fully saturated rings. The largest absolute Gasteiger partial charge is 0.486 e. The Morgan fingerprint density at radius 2 is 2.00 bits per heavy atom. The number of nitrogens with zero attached hydrogens (tertiary/aromatic N) is 1. The molecule has 0 unspecified atom stereocenters. The minimum atomic E-state index is -0.206. The lowest BCUT2D eigenvalue weighted by atomic mass is 10.2. The van der Waals surface area contributed by atoms with Crippen LogP contribution < -0.4 is 14.8 Å². The molecule has 0 atom stereocenters. The average Bonchev–Trinajstić information content (AvgIpc) is 2.79. The topological polar surface area (TPSA) is 60.5 Å². The Morgan fingerprint density at radius 3 is 2.70 bits per heavy atom. The summed E-state index contributed by atoms with van der Waals surface area (Å²) in [6.45, 7) is 4.92. The van der Waals surface area contributed by atoms with Crippen molar-refractivity contribution in [2.24, 2.45) is 0 Å². The third-order valence-electron chi connectivity index (χ3n) is 3.02. The maximum absolute atomic E-state index is 12.1. The number of carbonyl (C=O) groups is 1. The molecule has 1 amide bonds. The van der Waals surface area contributed by atoms with Gasteiger partial charge in [0.05, 0.1) is 5.69 Å². The monoisotopic (exact) mass is 290 g/mol. The number of carbonyl (C=O) groups excluding carboxylic acids is 1. The Hall–Kier alpha value is -2.08. The van der Waals surface area contributed by atoms with E-state index < -0.39 is 0 Å². The molecule has 1 aromatic heterocycles. The van der Waals surface area contributed by atoms with E-state index in [-0.39, 0.29) is 5.91 Å². The number of fused-ring (bicyclic) bond motifs is 1. The van der Waals surface area contributed by atoms with Crippen LogP contribution in [0.1, 0.15) is 20.4 Å². The number of amides is 1. The number of hydrogen-bond acceptors (Lipinski definition) is 5. The van der Waals surface area contributed by atoms with Crippen molar-refractivity contribution in [1.82, 2.24) is 4.98 Å². The number of aromatic nitrogens is 1. The summed E-state index contributed by atoms with van der Waals surface area (Å²) in [5.74, 6) is 1.15. The molecule has 0 aliphatic carbocycles. The summed E-state index contributed by atoms with van der Waals surface area (Å²) in [5, 5.41) is 3.29. The minimum Gasteiger partial charge on any atom is -0.486 e. The molecule has 0 radical (unpaired) electrons. The van der Waals surface area contributed by atoms with Gasteiger partial charge in [0.15, 0.2) is 16.5 Å². The van der Waals surface area contributed by atoms with Gasteiger partial charge in [0.2, 0.25) is 0 Å². The van der Waals surface area contributed by atoms with Gasteiger partial charge in [-0.2, -0.15) is 0 Å². The molecule has 5 nitrogen and oxygen atoms in total. The van der Waals surface area contributed by atoms with Gasteiger partial charge in [-0.15, -0.1) is 11.3 Å². The highest BCUT2D eigenvalue weighted by molar-refractivity contribution is 7.13. The summed E-state index contributed by atoms with van der Waals surface area (Å²) in [7, 11) is 0. The number of aryl methyl sites for hydroxylation is 2. The highest BCUT2D eigenvalue weighted by Gasteiger charge is 2.15. The lowest BCUT2D eigenvalue weighted by Gasteiger charge is -2.18. The number of nitrogens with one attached hydrogen (secondary N) is 1. The number of anilines is 1. The Balaban J connectivity index is 1.79. The van der Waals surface area contributed by atoms with Gasteiger partial charge in [0, 0.05) is 16.6 Å². The zero-order chi connectivity index (χ0) is 14.1. The molecule has 104 valence electrons. The molecular weight excluding hydrogens is 276 g/mol. The summed E-state index contributed by atoms with van der Waals surface area (Å²) >= 11 is 1.39. The van der Waals surface area contributed by atoms with Gasteiger partial charge >= 0.3 is 0 Å². The molecule has 0 bridgehead atoms. The van der Waals surface area contributed by atoms with Crippen molar-refractivity contribution in [2.45, 2.75) is 13.8 Å². The van der Waals surface area contributed by atoms with Crippen LogP contribution in [0.4, 0.5) is 5.69 Å². The van der Waals surface area contributed by atoms with Crippen molar-refractivity contribution in [2.75, 3.05) is 18.5 Å². The molecule has 1 aromatic carbocycles. The summed E-state index contributed by atoms with van der Waals surface area (Å²) in [5.41, 5.74) is 1.56. The van der Waals surface area contributed by atoms with Crippen molar-refractivity contribution in [3.8, 4) is 11.5 Å². The molecule has 6 heteroatoms. The maximum atomic E-state index is 12.1. The van der Waals surface area contributed by atoms with Crippen LogP contribution in [0.5, 0.6) is 11.5 Å². The first kappa shape index (κ1) is 12.9. The van der Waals surface area contributed by atoms with Crippen LogP contribution in [0, 0.1) is 13.8 Å². The summed E-state index contributed by atoms with van der Waals surface area (Å²) < 4.78 is 10.9. The maximum Gasteiger partial charge on any atom is 0.284 e. The zero-order valence-corrected chi connectivity index (χ0v) is 12.0. The molecular formula is C14H14N2O3S. The van der Waals surface area contributed by atoms with Crippen LogP contribution >= 0.6 is 11.3 Å². The van der Waals surface area contributed by atoms with E-state index in [1.54, 1.807) is 18.2 Å². The fourth-order valence-electron chi connectivity index (χ4n) is 1.88. The highest BCUT2D eigenvalue weighted by atomic mass is 32.1. The van der Waals surface area contributed by atoms with Gasteiger partial charge in [-0.1, -0.05) is 0 Å². The summed E-state index contributed by atoms with van der Waals surface area (Å²) in [6, 6.07) is 5.35. The molecule has 3 rings (SSSR count). The molecule has 1 aliphatic heterocycles. The first-order chi connectivity index (χ1) is 9.63. The Morgan fingerprint density at radius 1 is 1.25 bits per heavy atom. The van der Waals surface area contributed by atoms with Gasteiger partial charge in [0.1, 0.15) is 13.2 Å². The second-order valence-corrected chi connectivity index (χ2v) is 5.68. The van der Waals surface area contributed by atoms with Crippen LogP contribution in [0.2, 0.25) is 0 Å². The van der Waals surface area contributed by atoms with Crippen LogP contribution in [-0.4, -0.2) is 24.1 Å². The van der Waals surface area contributed by atoms with Crippen molar-refractivity contribution in [3.63, 3.8) is 0 Å². The number of ether oxygens (including phenoxy) is 2. The normalized spacial score (nSPS) is 13.1. The highest BCUT2D eigenvalue weighted by Crippen LogP contribution is 2.32. The smallest absolute Gasteiger partial charge is 0.284 e.